The van der Waals surface area contributed by atoms with Gasteiger partial charge in [-0.2, -0.15) is 0 Å². The van der Waals surface area contributed by atoms with Crippen LogP contribution >= 0.6 is 0 Å². The summed E-state index contributed by atoms with van der Waals surface area (Å²) in [5, 5.41) is 0. The van der Waals surface area contributed by atoms with Crippen LogP contribution < -0.4 is 0 Å². The van der Waals surface area contributed by atoms with E-state index in [0.717, 1.165) is 18.8 Å². The standard InChI is InChI=1S/C11H18O2S/c1-11(9-14(11)12)6-7-13-8-10-4-2-3-5-10/h8H,2-7,9H2,1H3. The molecule has 0 aromatic heterocycles. The Hall–Kier alpha value is -0.310. The Bertz CT molecular complexity index is 264. The van der Waals surface area contributed by atoms with Crippen molar-refractivity contribution in [1.29, 1.82) is 0 Å². The topological polar surface area (TPSA) is 26.3 Å². The zero-order chi connectivity index (χ0) is 10.0. The molecule has 3 heteroatoms. The van der Waals surface area contributed by atoms with Gasteiger partial charge in [0.2, 0.25) is 0 Å². The molecular weight excluding hydrogens is 196 g/mol. The van der Waals surface area contributed by atoms with Gasteiger partial charge in [-0.25, -0.2) is 0 Å². The molecule has 80 valence electrons. The maximum atomic E-state index is 11.1. The fourth-order valence-corrected chi connectivity index (χ4v) is 2.93. The second-order valence-electron chi connectivity index (χ2n) is 4.54. The summed E-state index contributed by atoms with van der Waals surface area (Å²) in [6, 6.07) is 0. The van der Waals surface area contributed by atoms with E-state index in [9.17, 15) is 4.21 Å². The van der Waals surface area contributed by atoms with Crippen LogP contribution in [-0.4, -0.2) is 21.3 Å². The van der Waals surface area contributed by atoms with Crippen molar-refractivity contribution in [2.75, 3.05) is 12.4 Å². The van der Waals surface area contributed by atoms with Gasteiger partial charge >= 0.3 is 0 Å². The third-order valence-electron chi connectivity index (χ3n) is 3.14. The van der Waals surface area contributed by atoms with E-state index in [2.05, 4.69) is 6.92 Å². The summed E-state index contributed by atoms with van der Waals surface area (Å²) < 4.78 is 16.7. The molecule has 0 spiro atoms. The van der Waals surface area contributed by atoms with Crippen LogP contribution in [0.2, 0.25) is 0 Å². The van der Waals surface area contributed by atoms with Crippen molar-refractivity contribution in [1.82, 2.24) is 0 Å². The van der Waals surface area contributed by atoms with Gasteiger partial charge in [0.25, 0.3) is 0 Å². The van der Waals surface area contributed by atoms with Gasteiger partial charge in [-0.05, 0) is 44.6 Å². The molecule has 1 aliphatic heterocycles. The summed E-state index contributed by atoms with van der Waals surface area (Å²) in [7, 11) is -0.571. The highest BCUT2D eigenvalue weighted by Gasteiger charge is 2.47. The number of allylic oxidation sites excluding steroid dienone is 1. The highest BCUT2D eigenvalue weighted by molar-refractivity contribution is 7.94. The van der Waals surface area contributed by atoms with Crippen molar-refractivity contribution in [2.24, 2.45) is 0 Å². The Labute approximate surface area is 88.2 Å². The van der Waals surface area contributed by atoms with Crippen LogP contribution in [0.3, 0.4) is 0 Å². The lowest BCUT2D eigenvalue weighted by Gasteiger charge is -2.05. The van der Waals surface area contributed by atoms with Crippen molar-refractivity contribution in [3.63, 3.8) is 0 Å². The summed E-state index contributed by atoms with van der Waals surface area (Å²) in [5.74, 6) is 0.868. The molecule has 14 heavy (non-hydrogen) atoms. The Kier molecular flexibility index (Phi) is 2.96. The minimum Gasteiger partial charge on any atom is -0.501 e. The van der Waals surface area contributed by atoms with Crippen LogP contribution in [0.15, 0.2) is 11.8 Å². The van der Waals surface area contributed by atoms with Crippen LogP contribution in [-0.2, 0) is 15.5 Å². The van der Waals surface area contributed by atoms with Gasteiger partial charge in [0.15, 0.2) is 0 Å². The quantitative estimate of drug-likeness (QED) is 0.408. The lowest BCUT2D eigenvalue weighted by Crippen LogP contribution is -2.08. The summed E-state index contributed by atoms with van der Waals surface area (Å²) in [5.41, 5.74) is 1.45. The van der Waals surface area contributed by atoms with E-state index >= 15 is 0 Å². The maximum Gasteiger partial charge on any atom is 0.0887 e. The van der Waals surface area contributed by atoms with Gasteiger partial charge in [-0.1, -0.05) is 0 Å². The largest absolute Gasteiger partial charge is 0.501 e. The van der Waals surface area contributed by atoms with Gasteiger partial charge in [0.05, 0.1) is 17.6 Å². The first-order valence-electron chi connectivity index (χ1n) is 5.39. The predicted octanol–water partition coefficient (Wildman–Crippen LogP) is 2.37. The minimum absolute atomic E-state index is 0.0776. The fraction of sp³-hybridized carbons (Fsp3) is 0.818. The zero-order valence-electron chi connectivity index (χ0n) is 8.75. The average Bonchev–Trinajstić information content (AvgIpc) is 2.62. The number of ether oxygens (including phenoxy) is 1. The zero-order valence-corrected chi connectivity index (χ0v) is 9.57. The normalized spacial score (nSPS) is 35.8. The summed E-state index contributed by atoms with van der Waals surface area (Å²) in [6.07, 6.45) is 7.92. The predicted molar refractivity (Wildman–Crippen MR) is 58.5 cm³/mol. The highest BCUT2D eigenvalue weighted by Crippen LogP contribution is 2.34. The van der Waals surface area contributed by atoms with Crippen molar-refractivity contribution in [2.45, 2.75) is 43.8 Å². The molecule has 2 rings (SSSR count). The van der Waals surface area contributed by atoms with Crippen LogP contribution in [0.5, 0.6) is 0 Å². The molecule has 1 saturated carbocycles. The molecule has 0 amide bonds. The molecule has 0 N–H and O–H groups in total. The first-order valence-corrected chi connectivity index (χ1v) is 6.71. The van der Waals surface area contributed by atoms with Crippen molar-refractivity contribution >= 4 is 10.8 Å². The highest BCUT2D eigenvalue weighted by atomic mass is 32.2. The molecule has 0 aromatic rings. The summed E-state index contributed by atoms with van der Waals surface area (Å²) in [6.45, 7) is 2.81. The van der Waals surface area contributed by atoms with Gasteiger partial charge in [-0.3, -0.25) is 4.21 Å². The monoisotopic (exact) mass is 214 g/mol. The van der Waals surface area contributed by atoms with Crippen molar-refractivity contribution < 1.29 is 8.95 Å². The molecule has 1 aliphatic carbocycles. The average molecular weight is 214 g/mol. The molecule has 2 nitrogen and oxygen atoms in total. The molecule has 1 saturated heterocycles. The third kappa shape index (κ3) is 2.38. The first kappa shape index (κ1) is 10.2. The maximum absolute atomic E-state index is 11.1. The van der Waals surface area contributed by atoms with Gasteiger partial charge in [0.1, 0.15) is 0 Å². The lowest BCUT2D eigenvalue weighted by atomic mass is 10.1. The van der Waals surface area contributed by atoms with Crippen LogP contribution in [0, 0.1) is 0 Å². The number of hydrogen-bond acceptors (Lipinski definition) is 2. The molecule has 2 atom stereocenters. The Morgan fingerprint density at radius 2 is 2.14 bits per heavy atom. The van der Waals surface area contributed by atoms with Crippen molar-refractivity contribution in [3.8, 4) is 0 Å². The molecule has 2 unspecified atom stereocenters. The van der Waals surface area contributed by atoms with E-state index in [1.54, 1.807) is 0 Å². The SMILES string of the molecule is CC1(CCOC=C2CCCC2)CS1=O. The third-order valence-corrected chi connectivity index (χ3v) is 5.14. The number of hydrogen-bond donors (Lipinski definition) is 0. The molecule has 1 heterocycles. The molecule has 2 fully saturated rings. The molecule has 0 aromatic carbocycles. The first-order chi connectivity index (χ1) is 6.71. The smallest absolute Gasteiger partial charge is 0.0887 e. The van der Waals surface area contributed by atoms with E-state index in [1.807, 2.05) is 6.26 Å². The lowest BCUT2D eigenvalue weighted by molar-refractivity contribution is 0.235. The second-order valence-corrected chi connectivity index (χ2v) is 6.51. The van der Waals surface area contributed by atoms with Gasteiger partial charge in [0, 0.05) is 16.6 Å². The Morgan fingerprint density at radius 3 is 2.71 bits per heavy atom. The molecule has 0 radical (unpaired) electrons. The van der Waals surface area contributed by atoms with Crippen LogP contribution in [0.25, 0.3) is 0 Å². The second kappa shape index (κ2) is 4.05. The minimum atomic E-state index is -0.571. The van der Waals surface area contributed by atoms with E-state index < -0.39 is 10.8 Å². The Balaban J connectivity index is 1.63. The van der Waals surface area contributed by atoms with E-state index in [1.165, 1.54) is 31.3 Å². The fourth-order valence-electron chi connectivity index (χ4n) is 1.83. The van der Waals surface area contributed by atoms with Crippen molar-refractivity contribution in [3.05, 3.63) is 11.8 Å². The van der Waals surface area contributed by atoms with E-state index in [0.29, 0.717) is 0 Å². The Morgan fingerprint density at radius 1 is 1.50 bits per heavy atom. The van der Waals surface area contributed by atoms with Gasteiger partial charge in [-0.15, -0.1) is 0 Å². The molecule has 2 aliphatic rings. The molecular formula is C11H18O2S. The van der Waals surface area contributed by atoms with E-state index in [-0.39, 0.29) is 4.75 Å². The van der Waals surface area contributed by atoms with Gasteiger partial charge < -0.3 is 4.74 Å². The molecule has 0 bridgehead atoms. The van der Waals surface area contributed by atoms with Crippen LogP contribution in [0.4, 0.5) is 0 Å². The summed E-state index contributed by atoms with van der Waals surface area (Å²) >= 11 is 0. The summed E-state index contributed by atoms with van der Waals surface area (Å²) in [4.78, 5) is 0. The number of rotatable bonds is 4. The van der Waals surface area contributed by atoms with E-state index in [4.69, 9.17) is 4.74 Å². The van der Waals surface area contributed by atoms with Crippen LogP contribution in [0.1, 0.15) is 39.0 Å².